The zero-order valence-electron chi connectivity index (χ0n) is 14.0. The van der Waals surface area contributed by atoms with E-state index in [4.69, 9.17) is 0 Å². The Hall–Kier alpha value is -3.73. The Balaban J connectivity index is 1.80. The molecule has 0 fully saturated rings. The fourth-order valence-corrected chi connectivity index (χ4v) is 2.73. The van der Waals surface area contributed by atoms with Crippen LogP contribution in [0.4, 0.5) is 22.7 Å². The summed E-state index contributed by atoms with van der Waals surface area (Å²) in [6.07, 6.45) is 1.64. The molecule has 4 rings (SSSR count). The van der Waals surface area contributed by atoms with Gasteiger partial charge in [0.05, 0.1) is 23.3 Å². The van der Waals surface area contributed by atoms with Crippen LogP contribution in [0.15, 0.2) is 91.1 Å². The summed E-state index contributed by atoms with van der Waals surface area (Å²) in [6, 6.07) is 28.0. The molecule has 3 aromatic carbocycles. The molecule has 0 atom stereocenters. The van der Waals surface area contributed by atoms with Crippen LogP contribution in [-0.2, 0) is 0 Å². The lowest BCUT2D eigenvalue weighted by atomic mass is 10.1. The van der Waals surface area contributed by atoms with Crippen molar-refractivity contribution in [3.8, 4) is 11.3 Å². The van der Waals surface area contributed by atoms with Crippen molar-refractivity contribution in [3.05, 3.63) is 91.1 Å². The molecule has 0 saturated carbocycles. The number of hydrogen-bond donors (Lipinski definition) is 2. The molecule has 1 heterocycles. The number of nitrogens with one attached hydrogen (secondary N) is 2. The van der Waals surface area contributed by atoms with E-state index in [1.807, 2.05) is 84.9 Å². The van der Waals surface area contributed by atoms with Crippen molar-refractivity contribution in [1.29, 1.82) is 0 Å². The zero-order valence-corrected chi connectivity index (χ0v) is 14.0. The number of hydrogen-bond acceptors (Lipinski definition) is 5. The van der Waals surface area contributed by atoms with Gasteiger partial charge in [-0.2, -0.15) is 0 Å². The second kappa shape index (κ2) is 7.44. The third-order valence-electron chi connectivity index (χ3n) is 3.94. The summed E-state index contributed by atoms with van der Waals surface area (Å²) in [5.74, 6) is 0. The molecule has 1 aromatic heterocycles. The van der Waals surface area contributed by atoms with Gasteiger partial charge in [-0.05, 0) is 41.6 Å². The van der Waals surface area contributed by atoms with E-state index < -0.39 is 0 Å². The van der Waals surface area contributed by atoms with Crippen LogP contribution in [0.25, 0.3) is 11.3 Å². The van der Waals surface area contributed by atoms with Crippen molar-refractivity contribution in [2.24, 2.45) is 0 Å². The van der Waals surface area contributed by atoms with E-state index in [0.29, 0.717) is 0 Å². The van der Waals surface area contributed by atoms with Gasteiger partial charge in [0.1, 0.15) is 0 Å². The summed E-state index contributed by atoms with van der Waals surface area (Å²) in [5, 5.41) is 18.7. The molecule has 5 heteroatoms. The maximum Gasteiger partial charge on any atom is 0.0984 e. The molecule has 0 saturated heterocycles. The molecular weight excluding hydrogens is 322 g/mol. The van der Waals surface area contributed by atoms with Crippen molar-refractivity contribution < 1.29 is 0 Å². The van der Waals surface area contributed by atoms with Crippen molar-refractivity contribution >= 4 is 22.7 Å². The van der Waals surface area contributed by atoms with Crippen LogP contribution in [0, 0.1) is 0 Å². The van der Waals surface area contributed by atoms with Crippen molar-refractivity contribution in [1.82, 2.24) is 15.4 Å². The smallest absolute Gasteiger partial charge is 0.0984 e. The van der Waals surface area contributed by atoms with E-state index in [2.05, 4.69) is 26.0 Å². The summed E-state index contributed by atoms with van der Waals surface area (Å²) >= 11 is 0. The van der Waals surface area contributed by atoms with Gasteiger partial charge in [0.2, 0.25) is 0 Å². The highest BCUT2D eigenvalue weighted by atomic mass is 15.3. The monoisotopic (exact) mass is 339 g/mol. The molecule has 0 bridgehead atoms. The van der Waals surface area contributed by atoms with E-state index >= 15 is 0 Å². The molecule has 0 unspecified atom stereocenters. The van der Waals surface area contributed by atoms with Gasteiger partial charge in [-0.3, -0.25) is 0 Å². The van der Waals surface area contributed by atoms with Gasteiger partial charge in [0, 0.05) is 16.9 Å². The maximum absolute atomic E-state index is 4.17. The highest BCUT2D eigenvalue weighted by molar-refractivity contribution is 5.90. The van der Waals surface area contributed by atoms with Crippen LogP contribution < -0.4 is 10.6 Å². The minimum absolute atomic E-state index is 0.759. The van der Waals surface area contributed by atoms with Gasteiger partial charge in [0.15, 0.2) is 0 Å². The van der Waals surface area contributed by atoms with Crippen LogP contribution in [-0.4, -0.2) is 15.4 Å². The molecule has 4 aromatic rings. The second-order valence-electron chi connectivity index (χ2n) is 5.72. The molecule has 0 spiro atoms. The molecule has 2 N–H and O–H groups in total. The summed E-state index contributed by atoms with van der Waals surface area (Å²) in [4.78, 5) is 0. The Morgan fingerprint density at radius 1 is 0.615 bits per heavy atom. The highest BCUT2D eigenvalue weighted by Gasteiger charge is 2.12. The van der Waals surface area contributed by atoms with Crippen LogP contribution >= 0.6 is 0 Å². The second-order valence-corrected chi connectivity index (χ2v) is 5.72. The fraction of sp³-hybridized carbons (Fsp3) is 0. The Morgan fingerprint density at radius 2 is 1.31 bits per heavy atom. The van der Waals surface area contributed by atoms with Crippen molar-refractivity contribution in [2.45, 2.75) is 0 Å². The molecule has 0 radical (unpaired) electrons. The van der Waals surface area contributed by atoms with E-state index in [-0.39, 0.29) is 0 Å². The lowest BCUT2D eigenvalue weighted by molar-refractivity contribution is 0.871. The average molecular weight is 339 g/mol. The van der Waals surface area contributed by atoms with E-state index in [9.17, 15) is 0 Å². The zero-order chi connectivity index (χ0) is 17.6. The first-order valence-corrected chi connectivity index (χ1v) is 8.32. The Kier molecular flexibility index (Phi) is 4.52. The van der Waals surface area contributed by atoms with Crippen LogP contribution in [0.2, 0.25) is 0 Å². The Morgan fingerprint density at radius 3 is 1.96 bits per heavy atom. The lowest BCUT2D eigenvalue weighted by Gasteiger charge is -2.17. The van der Waals surface area contributed by atoms with Gasteiger partial charge in [0.25, 0.3) is 0 Å². The molecule has 0 amide bonds. The van der Waals surface area contributed by atoms with E-state index in [1.54, 1.807) is 6.20 Å². The lowest BCUT2D eigenvalue weighted by Crippen LogP contribution is -2.01. The number of nitrogens with zero attached hydrogens (tertiary/aromatic N) is 3. The predicted octanol–water partition coefficient (Wildman–Crippen LogP) is 5.03. The first-order valence-electron chi connectivity index (χ1n) is 8.32. The number of para-hydroxylation sites is 3. The molecule has 0 aliphatic rings. The SMILES string of the molecule is c1ccc(Nc2cccc(-c3ccnnn3)c2Nc2ccccc2)cc1. The van der Waals surface area contributed by atoms with E-state index in [0.717, 1.165) is 34.0 Å². The Bertz CT molecular complexity index is 973. The van der Waals surface area contributed by atoms with Crippen molar-refractivity contribution in [3.63, 3.8) is 0 Å². The third-order valence-corrected chi connectivity index (χ3v) is 3.94. The van der Waals surface area contributed by atoms with Gasteiger partial charge in [-0.1, -0.05) is 48.5 Å². The van der Waals surface area contributed by atoms with Crippen LogP contribution in [0.5, 0.6) is 0 Å². The predicted molar refractivity (Wildman–Crippen MR) is 105 cm³/mol. The van der Waals surface area contributed by atoms with E-state index in [1.165, 1.54) is 0 Å². The quantitative estimate of drug-likeness (QED) is 0.534. The number of benzene rings is 3. The summed E-state index contributed by atoms with van der Waals surface area (Å²) < 4.78 is 0. The minimum Gasteiger partial charge on any atom is -0.354 e. The largest absolute Gasteiger partial charge is 0.354 e. The maximum atomic E-state index is 4.17. The molecule has 0 aliphatic carbocycles. The van der Waals surface area contributed by atoms with Crippen molar-refractivity contribution in [2.75, 3.05) is 10.6 Å². The molecule has 5 nitrogen and oxygen atoms in total. The molecule has 26 heavy (non-hydrogen) atoms. The minimum atomic E-state index is 0.759. The van der Waals surface area contributed by atoms with Crippen LogP contribution in [0.3, 0.4) is 0 Å². The third kappa shape index (κ3) is 3.52. The molecule has 126 valence electrons. The molecular formula is C21H17N5. The highest BCUT2D eigenvalue weighted by Crippen LogP contribution is 2.36. The first-order chi connectivity index (χ1) is 12.9. The molecule has 0 aliphatic heterocycles. The fourth-order valence-electron chi connectivity index (χ4n) is 2.73. The van der Waals surface area contributed by atoms with Gasteiger partial charge >= 0.3 is 0 Å². The van der Waals surface area contributed by atoms with Gasteiger partial charge in [-0.15, -0.1) is 10.2 Å². The summed E-state index contributed by atoms with van der Waals surface area (Å²) in [6.45, 7) is 0. The summed E-state index contributed by atoms with van der Waals surface area (Å²) in [5.41, 5.74) is 5.61. The normalized spacial score (nSPS) is 10.3. The van der Waals surface area contributed by atoms with Gasteiger partial charge in [-0.25, -0.2) is 0 Å². The first kappa shape index (κ1) is 15.8. The Labute approximate surface area is 151 Å². The standard InChI is InChI=1S/C21H17N5/c1-3-8-16(9-4-1)23-20-13-7-12-18(19-14-15-22-26-25-19)21(20)24-17-10-5-2-6-11-17/h1-15,23-24H. The van der Waals surface area contributed by atoms with Gasteiger partial charge < -0.3 is 10.6 Å². The van der Waals surface area contributed by atoms with Crippen LogP contribution in [0.1, 0.15) is 0 Å². The topological polar surface area (TPSA) is 62.7 Å². The summed E-state index contributed by atoms with van der Waals surface area (Å²) in [7, 11) is 0. The number of anilines is 4. The average Bonchev–Trinajstić information content (AvgIpc) is 2.71. The number of rotatable bonds is 5. The number of aromatic nitrogens is 3.